The van der Waals surface area contributed by atoms with E-state index >= 15 is 0 Å². The molecule has 20 heavy (non-hydrogen) atoms. The van der Waals surface area contributed by atoms with Crippen molar-refractivity contribution in [3.63, 3.8) is 0 Å². The topological polar surface area (TPSA) is 66.4 Å². The molecule has 0 bridgehead atoms. The Morgan fingerprint density at radius 3 is 2.60 bits per heavy atom. The van der Waals surface area contributed by atoms with E-state index in [-0.39, 0.29) is 5.91 Å². The fraction of sp³-hybridized carbons (Fsp3) is 0.500. The predicted octanol–water partition coefficient (Wildman–Crippen LogP) is 2.79. The van der Waals surface area contributed by atoms with Gasteiger partial charge in [0.05, 0.1) is 0 Å². The Morgan fingerprint density at radius 2 is 2.05 bits per heavy atom. The molecule has 1 aromatic carbocycles. The molecule has 0 heterocycles. The monoisotopic (exact) mass is 275 g/mol. The molecule has 0 radical (unpaired) electrons. The molecule has 0 saturated heterocycles. The Morgan fingerprint density at radius 1 is 1.35 bits per heavy atom. The summed E-state index contributed by atoms with van der Waals surface area (Å²) in [5.74, 6) is -0.464. The maximum Gasteiger partial charge on any atom is 0.326 e. The largest absolute Gasteiger partial charge is 0.480 e. The number of benzene rings is 1. The van der Waals surface area contributed by atoms with Gasteiger partial charge < -0.3 is 10.4 Å². The van der Waals surface area contributed by atoms with Gasteiger partial charge in [-0.05, 0) is 36.0 Å². The number of nitrogens with one attached hydrogen (secondary N) is 1. The smallest absolute Gasteiger partial charge is 0.326 e. The number of rotatable bonds is 6. The van der Waals surface area contributed by atoms with E-state index in [0.717, 1.165) is 18.4 Å². The van der Waals surface area contributed by atoms with Gasteiger partial charge in [0.1, 0.15) is 6.04 Å². The molecule has 0 spiro atoms. The van der Waals surface area contributed by atoms with Crippen molar-refractivity contribution in [1.29, 1.82) is 0 Å². The first-order valence-electron chi connectivity index (χ1n) is 7.11. The van der Waals surface area contributed by atoms with Crippen LogP contribution in [0.3, 0.4) is 0 Å². The summed E-state index contributed by atoms with van der Waals surface area (Å²) in [6.07, 6.45) is 2.68. The Balaban J connectivity index is 2.05. The van der Waals surface area contributed by atoms with Gasteiger partial charge in [-0.15, -0.1) is 0 Å². The molecule has 1 aromatic rings. The zero-order chi connectivity index (χ0) is 14.7. The van der Waals surface area contributed by atoms with Crippen molar-refractivity contribution in [2.24, 2.45) is 5.92 Å². The summed E-state index contributed by atoms with van der Waals surface area (Å²) < 4.78 is 0. The minimum absolute atomic E-state index is 0.305. The van der Waals surface area contributed by atoms with Crippen LogP contribution >= 0.6 is 0 Å². The summed E-state index contributed by atoms with van der Waals surface area (Å²) in [7, 11) is 0. The lowest BCUT2D eigenvalue weighted by atomic mass is 10.0. The van der Waals surface area contributed by atoms with Gasteiger partial charge in [-0.3, -0.25) is 4.79 Å². The predicted molar refractivity (Wildman–Crippen MR) is 76.8 cm³/mol. The Hall–Kier alpha value is -1.84. The second-order valence-electron chi connectivity index (χ2n) is 5.82. The Bertz CT molecular complexity index is 506. The lowest BCUT2D eigenvalue weighted by Crippen LogP contribution is -2.41. The maximum absolute atomic E-state index is 12.2. The summed E-state index contributed by atoms with van der Waals surface area (Å²) in [5.41, 5.74) is 1.60. The quantitative estimate of drug-likeness (QED) is 0.839. The van der Waals surface area contributed by atoms with Crippen molar-refractivity contribution >= 4 is 11.9 Å². The molecule has 2 rings (SSSR count). The summed E-state index contributed by atoms with van der Waals surface area (Å²) in [4.78, 5) is 23.4. The van der Waals surface area contributed by atoms with E-state index in [1.54, 1.807) is 6.07 Å². The van der Waals surface area contributed by atoms with Crippen molar-refractivity contribution in [1.82, 2.24) is 5.32 Å². The first kappa shape index (κ1) is 14.6. The van der Waals surface area contributed by atoms with Gasteiger partial charge in [0.2, 0.25) is 0 Å². The van der Waals surface area contributed by atoms with E-state index in [9.17, 15) is 14.7 Å². The van der Waals surface area contributed by atoms with Crippen LogP contribution in [0.25, 0.3) is 0 Å². The van der Waals surface area contributed by atoms with E-state index in [0.29, 0.717) is 23.8 Å². The van der Waals surface area contributed by atoms with Gasteiger partial charge in [0.15, 0.2) is 0 Å². The molecular formula is C16H21NO3. The zero-order valence-electron chi connectivity index (χ0n) is 11.9. The number of amides is 1. The van der Waals surface area contributed by atoms with Crippen molar-refractivity contribution in [3.8, 4) is 0 Å². The van der Waals surface area contributed by atoms with Crippen molar-refractivity contribution in [2.45, 2.75) is 45.1 Å². The van der Waals surface area contributed by atoms with Crippen LogP contribution in [0.1, 0.15) is 54.9 Å². The fourth-order valence-corrected chi connectivity index (χ4v) is 2.19. The number of carbonyl (C=O) groups excluding carboxylic acids is 1. The molecule has 1 fully saturated rings. The van der Waals surface area contributed by atoms with E-state index in [1.807, 2.05) is 18.2 Å². The van der Waals surface area contributed by atoms with E-state index < -0.39 is 12.0 Å². The van der Waals surface area contributed by atoms with Gasteiger partial charge in [0.25, 0.3) is 5.91 Å². The first-order chi connectivity index (χ1) is 9.47. The van der Waals surface area contributed by atoms with Crippen LogP contribution in [0.5, 0.6) is 0 Å². The molecule has 1 atom stereocenters. The standard InChI is InChI=1S/C16H21NO3/c1-10(2)12-4-3-5-13(9-12)15(18)17-14(16(19)20)8-11-6-7-11/h3-5,9-11,14H,6-8H2,1-2H3,(H,17,18)(H,19,20). The van der Waals surface area contributed by atoms with Crippen LogP contribution < -0.4 is 5.32 Å². The van der Waals surface area contributed by atoms with Crippen LogP contribution in [0.4, 0.5) is 0 Å². The molecular weight excluding hydrogens is 254 g/mol. The highest BCUT2D eigenvalue weighted by molar-refractivity contribution is 5.96. The van der Waals surface area contributed by atoms with Gasteiger partial charge in [-0.2, -0.15) is 0 Å². The highest BCUT2D eigenvalue weighted by atomic mass is 16.4. The zero-order valence-corrected chi connectivity index (χ0v) is 11.9. The van der Waals surface area contributed by atoms with E-state index in [4.69, 9.17) is 0 Å². The lowest BCUT2D eigenvalue weighted by molar-refractivity contribution is -0.139. The SMILES string of the molecule is CC(C)c1cccc(C(=O)NC(CC2CC2)C(=O)O)c1. The molecule has 1 unspecified atom stereocenters. The molecule has 2 N–H and O–H groups in total. The third-order valence-electron chi connectivity index (χ3n) is 3.68. The van der Waals surface area contributed by atoms with Crippen molar-refractivity contribution < 1.29 is 14.7 Å². The first-order valence-corrected chi connectivity index (χ1v) is 7.11. The van der Waals surface area contributed by atoms with Crippen molar-refractivity contribution in [3.05, 3.63) is 35.4 Å². The number of carboxylic acid groups (broad SMARTS) is 1. The van der Waals surface area contributed by atoms with Gasteiger partial charge >= 0.3 is 5.97 Å². The molecule has 0 aliphatic heterocycles. The van der Waals surface area contributed by atoms with Crippen LogP contribution in [0, 0.1) is 5.92 Å². The summed E-state index contributed by atoms with van der Waals surface area (Å²) in [6.45, 7) is 4.12. The minimum atomic E-state index is -0.953. The summed E-state index contributed by atoms with van der Waals surface area (Å²) >= 11 is 0. The van der Waals surface area contributed by atoms with Gasteiger partial charge in [-0.1, -0.05) is 38.8 Å². The number of aliphatic carboxylic acids is 1. The third kappa shape index (κ3) is 3.83. The average Bonchev–Trinajstić information content (AvgIpc) is 3.21. The highest BCUT2D eigenvalue weighted by Gasteiger charge is 2.30. The normalized spacial score (nSPS) is 15.9. The molecule has 4 nitrogen and oxygen atoms in total. The van der Waals surface area contributed by atoms with Crippen LogP contribution in [0.15, 0.2) is 24.3 Å². The molecule has 1 amide bonds. The molecule has 4 heteroatoms. The molecule has 1 aliphatic carbocycles. The maximum atomic E-state index is 12.2. The Labute approximate surface area is 119 Å². The number of carboxylic acids is 1. The highest BCUT2D eigenvalue weighted by Crippen LogP contribution is 2.33. The van der Waals surface area contributed by atoms with Crippen LogP contribution in [0.2, 0.25) is 0 Å². The van der Waals surface area contributed by atoms with E-state index in [1.165, 1.54) is 0 Å². The molecule has 1 aliphatic rings. The lowest BCUT2D eigenvalue weighted by Gasteiger charge is -2.15. The second kappa shape index (κ2) is 6.07. The molecule has 1 saturated carbocycles. The number of carbonyl (C=O) groups is 2. The number of hydrogen-bond acceptors (Lipinski definition) is 2. The van der Waals surface area contributed by atoms with E-state index in [2.05, 4.69) is 19.2 Å². The minimum Gasteiger partial charge on any atom is -0.480 e. The molecule has 0 aromatic heterocycles. The summed E-state index contributed by atoms with van der Waals surface area (Å²) in [6, 6.07) is 6.58. The third-order valence-corrected chi connectivity index (χ3v) is 3.68. The molecule has 108 valence electrons. The summed E-state index contributed by atoms with van der Waals surface area (Å²) in [5, 5.41) is 11.8. The average molecular weight is 275 g/mol. The van der Waals surface area contributed by atoms with Crippen LogP contribution in [-0.2, 0) is 4.79 Å². The second-order valence-corrected chi connectivity index (χ2v) is 5.82. The number of hydrogen-bond donors (Lipinski definition) is 2. The fourth-order valence-electron chi connectivity index (χ4n) is 2.19. The van der Waals surface area contributed by atoms with Gasteiger partial charge in [-0.25, -0.2) is 4.79 Å². The van der Waals surface area contributed by atoms with Crippen LogP contribution in [-0.4, -0.2) is 23.0 Å². The Kier molecular flexibility index (Phi) is 4.42. The van der Waals surface area contributed by atoms with Gasteiger partial charge in [0, 0.05) is 5.56 Å². The van der Waals surface area contributed by atoms with Crippen molar-refractivity contribution in [2.75, 3.05) is 0 Å².